The zero-order valence-electron chi connectivity index (χ0n) is 18.6. The van der Waals surface area contributed by atoms with Gasteiger partial charge in [-0.3, -0.25) is 14.2 Å². The number of amides is 1. The van der Waals surface area contributed by atoms with E-state index in [1.54, 1.807) is 30.3 Å². The molecule has 0 aliphatic rings. The molecule has 0 bridgehead atoms. The number of hydrogen-bond acceptors (Lipinski definition) is 5. The van der Waals surface area contributed by atoms with Crippen molar-refractivity contribution in [1.82, 2.24) is 13.9 Å². The van der Waals surface area contributed by atoms with Crippen molar-refractivity contribution in [2.24, 2.45) is 0 Å². The maximum absolute atomic E-state index is 12.9. The van der Waals surface area contributed by atoms with E-state index >= 15 is 0 Å². The molecule has 0 spiro atoms. The molecule has 0 radical (unpaired) electrons. The van der Waals surface area contributed by atoms with E-state index < -0.39 is 10.0 Å². The molecule has 0 atom stereocenters. The number of aryl methyl sites for hydroxylation is 1. The summed E-state index contributed by atoms with van der Waals surface area (Å²) in [7, 11) is -2.15. The number of carbonyl (C=O) groups excluding carboxylic acids is 1. The van der Waals surface area contributed by atoms with Gasteiger partial charge in [-0.15, -0.1) is 0 Å². The van der Waals surface area contributed by atoms with Crippen molar-refractivity contribution in [2.45, 2.75) is 24.4 Å². The average molecular weight is 477 g/mol. The molecule has 0 aliphatic carbocycles. The van der Waals surface area contributed by atoms with Crippen molar-refractivity contribution in [1.29, 1.82) is 0 Å². The van der Waals surface area contributed by atoms with E-state index in [1.807, 2.05) is 36.4 Å². The molecule has 4 rings (SSSR count). The fourth-order valence-electron chi connectivity index (χ4n) is 3.53. The SMILES string of the molecule is CN(Cc1ccccc1)S(=O)(=O)c1ccc(NC(=O)CCn2cnc3ccccc3c2=O)cc1. The third kappa shape index (κ3) is 5.22. The van der Waals surface area contributed by atoms with Crippen LogP contribution in [0.4, 0.5) is 5.69 Å². The molecular weight excluding hydrogens is 452 g/mol. The summed E-state index contributed by atoms with van der Waals surface area (Å²) in [6.07, 6.45) is 1.50. The summed E-state index contributed by atoms with van der Waals surface area (Å²) in [5.74, 6) is -0.295. The van der Waals surface area contributed by atoms with Gasteiger partial charge in [0.1, 0.15) is 0 Å². The van der Waals surface area contributed by atoms with E-state index in [-0.39, 0.29) is 35.9 Å². The van der Waals surface area contributed by atoms with Crippen LogP contribution in [0.15, 0.2) is 94.9 Å². The highest BCUT2D eigenvalue weighted by Crippen LogP contribution is 2.19. The minimum absolute atomic E-state index is 0.0692. The lowest BCUT2D eigenvalue weighted by Gasteiger charge is -2.17. The molecule has 9 heteroatoms. The first-order valence-corrected chi connectivity index (χ1v) is 12.1. The van der Waals surface area contributed by atoms with Gasteiger partial charge in [0.25, 0.3) is 5.56 Å². The number of para-hydroxylation sites is 1. The fraction of sp³-hybridized carbons (Fsp3) is 0.160. The van der Waals surface area contributed by atoms with Crippen LogP contribution in [-0.2, 0) is 27.9 Å². The molecule has 1 N–H and O–H groups in total. The highest BCUT2D eigenvalue weighted by Gasteiger charge is 2.21. The Labute approximate surface area is 197 Å². The predicted octanol–water partition coefficient (Wildman–Crippen LogP) is 3.25. The fourth-order valence-corrected chi connectivity index (χ4v) is 4.69. The first-order valence-electron chi connectivity index (χ1n) is 10.7. The van der Waals surface area contributed by atoms with Gasteiger partial charge in [0.15, 0.2) is 0 Å². The number of fused-ring (bicyclic) bond motifs is 1. The number of aromatic nitrogens is 2. The number of carbonyl (C=O) groups is 1. The van der Waals surface area contributed by atoms with Crippen molar-refractivity contribution in [3.63, 3.8) is 0 Å². The van der Waals surface area contributed by atoms with E-state index in [0.717, 1.165) is 5.56 Å². The van der Waals surface area contributed by atoms with Crippen molar-refractivity contribution < 1.29 is 13.2 Å². The maximum Gasteiger partial charge on any atom is 0.261 e. The van der Waals surface area contributed by atoms with Crippen molar-refractivity contribution >= 4 is 32.5 Å². The number of hydrogen-bond donors (Lipinski definition) is 1. The van der Waals surface area contributed by atoms with Gasteiger partial charge in [-0.1, -0.05) is 42.5 Å². The van der Waals surface area contributed by atoms with Crippen LogP contribution in [0.25, 0.3) is 10.9 Å². The Balaban J connectivity index is 1.37. The number of anilines is 1. The van der Waals surface area contributed by atoms with E-state index in [9.17, 15) is 18.0 Å². The number of sulfonamides is 1. The molecule has 4 aromatic rings. The Morgan fingerprint density at radius 3 is 2.38 bits per heavy atom. The topological polar surface area (TPSA) is 101 Å². The molecule has 0 aliphatic heterocycles. The van der Waals surface area contributed by atoms with Gasteiger partial charge >= 0.3 is 0 Å². The molecule has 34 heavy (non-hydrogen) atoms. The summed E-state index contributed by atoms with van der Waals surface area (Å²) < 4.78 is 28.4. The van der Waals surface area contributed by atoms with Crippen molar-refractivity contribution in [2.75, 3.05) is 12.4 Å². The van der Waals surface area contributed by atoms with Crippen LogP contribution >= 0.6 is 0 Å². The predicted molar refractivity (Wildman–Crippen MR) is 131 cm³/mol. The summed E-state index contributed by atoms with van der Waals surface area (Å²) in [6, 6.07) is 22.4. The highest BCUT2D eigenvalue weighted by molar-refractivity contribution is 7.89. The highest BCUT2D eigenvalue weighted by atomic mass is 32.2. The van der Waals surface area contributed by atoms with Crippen LogP contribution in [-0.4, -0.2) is 35.2 Å². The van der Waals surface area contributed by atoms with E-state index in [0.29, 0.717) is 16.6 Å². The number of nitrogens with zero attached hydrogens (tertiary/aromatic N) is 3. The summed E-state index contributed by atoms with van der Waals surface area (Å²) in [5, 5.41) is 3.23. The van der Waals surface area contributed by atoms with Crippen molar-refractivity contribution in [3.05, 3.63) is 101 Å². The second-order valence-electron chi connectivity index (χ2n) is 7.83. The van der Waals surface area contributed by atoms with Gasteiger partial charge in [0.05, 0.1) is 22.1 Å². The second kappa shape index (κ2) is 9.98. The van der Waals surface area contributed by atoms with Crippen LogP contribution < -0.4 is 10.9 Å². The second-order valence-corrected chi connectivity index (χ2v) is 9.87. The lowest BCUT2D eigenvalue weighted by molar-refractivity contribution is -0.116. The van der Waals surface area contributed by atoms with Crippen LogP contribution in [0.1, 0.15) is 12.0 Å². The zero-order chi connectivity index (χ0) is 24.1. The van der Waals surface area contributed by atoms with E-state index in [1.165, 1.54) is 34.4 Å². The van der Waals surface area contributed by atoms with Gasteiger partial charge in [-0.2, -0.15) is 4.31 Å². The van der Waals surface area contributed by atoms with Gasteiger partial charge in [-0.05, 0) is 42.0 Å². The summed E-state index contributed by atoms with van der Waals surface area (Å²) >= 11 is 0. The molecule has 174 valence electrons. The van der Waals surface area contributed by atoms with Crippen LogP contribution in [0.3, 0.4) is 0 Å². The lowest BCUT2D eigenvalue weighted by atomic mass is 10.2. The molecule has 0 fully saturated rings. The quantitative estimate of drug-likeness (QED) is 0.421. The summed E-state index contributed by atoms with van der Waals surface area (Å²) in [6.45, 7) is 0.434. The van der Waals surface area contributed by atoms with Crippen LogP contribution in [0.5, 0.6) is 0 Å². The zero-order valence-corrected chi connectivity index (χ0v) is 19.4. The molecule has 0 unspecified atom stereocenters. The number of nitrogens with one attached hydrogen (secondary N) is 1. The van der Waals surface area contributed by atoms with Gasteiger partial charge in [0.2, 0.25) is 15.9 Å². The normalized spacial score (nSPS) is 11.6. The van der Waals surface area contributed by atoms with Crippen LogP contribution in [0, 0.1) is 0 Å². The average Bonchev–Trinajstić information content (AvgIpc) is 2.85. The van der Waals surface area contributed by atoms with Gasteiger partial charge in [0, 0.05) is 32.2 Å². The molecular formula is C25H24N4O4S. The molecule has 1 amide bonds. The Kier molecular flexibility index (Phi) is 6.85. The monoisotopic (exact) mass is 476 g/mol. The first-order chi connectivity index (χ1) is 16.3. The third-order valence-electron chi connectivity index (χ3n) is 5.41. The van der Waals surface area contributed by atoms with Gasteiger partial charge in [-0.25, -0.2) is 13.4 Å². The molecule has 1 aromatic heterocycles. The lowest BCUT2D eigenvalue weighted by Crippen LogP contribution is -2.26. The Morgan fingerprint density at radius 2 is 1.65 bits per heavy atom. The van der Waals surface area contributed by atoms with E-state index in [2.05, 4.69) is 10.3 Å². The minimum atomic E-state index is -3.68. The van der Waals surface area contributed by atoms with E-state index in [4.69, 9.17) is 0 Å². The smallest absolute Gasteiger partial charge is 0.261 e. The Hall–Kier alpha value is -3.82. The number of rotatable bonds is 8. The Bertz CT molecular complexity index is 1470. The molecule has 3 aromatic carbocycles. The minimum Gasteiger partial charge on any atom is -0.326 e. The molecule has 0 saturated carbocycles. The maximum atomic E-state index is 12.9. The number of benzene rings is 3. The van der Waals surface area contributed by atoms with Crippen molar-refractivity contribution in [3.8, 4) is 0 Å². The Morgan fingerprint density at radius 1 is 0.971 bits per heavy atom. The summed E-state index contributed by atoms with van der Waals surface area (Å²) in [4.78, 5) is 29.3. The first kappa shape index (κ1) is 23.3. The molecule has 0 saturated heterocycles. The van der Waals surface area contributed by atoms with Gasteiger partial charge < -0.3 is 5.32 Å². The summed E-state index contributed by atoms with van der Waals surface area (Å²) in [5.41, 5.74) is 1.77. The third-order valence-corrected chi connectivity index (χ3v) is 7.22. The molecule has 8 nitrogen and oxygen atoms in total. The largest absolute Gasteiger partial charge is 0.326 e. The standard InChI is InChI=1S/C25H24N4O4S/c1-28(17-19-7-3-2-4-8-19)34(32,33)21-13-11-20(12-14-21)27-24(30)15-16-29-18-26-23-10-6-5-9-22(23)25(29)31/h2-14,18H,15-17H2,1H3,(H,27,30). The van der Waals surface area contributed by atoms with Crippen LogP contribution in [0.2, 0.25) is 0 Å². The molecule has 1 heterocycles.